The number of nitrogens with zero attached hydrogens (tertiary/aromatic N) is 1. The molecule has 0 saturated heterocycles. The average molecular weight is 282 g/mol. The van der Waals surface area contributed by atoms with Crippen molar-refractivity contribution < 1.29 is 9.00 Å². The van der Waals surface area contributed by atoms with Gasteiger partial charge in [0.15, 0.2) is 0 Å². The van der Waals surface area contributed by atoms with Gasteiger partial charge in [-0.3, -0.25) is 4.21 Å². The van der Waals surface area contributed by atoms with Crippen molar-refractivity contribution in [3.05, 3.63) is 35.9 Å². The van der Waals surface area contributed by atoms with E-state index in [0.717, 1.165) is 5.56 Å². The molecule has 0 spiro atoms. The van der Waals surface area contributed by atoms with Gasteiger partial charge in [-0.1, -0.05) is 30.3 Å². The smallest absolute Gasteiger partial charge is 0.317 e. The van der Waals surface area contributed by atoms with E-state index in [-0.39, 0.29) is 6.03 Å². The first kappa shape index (κ1) is 15.7. The summed E-state index contributed by atoms with van der Waals surface area (Å²) in [6, 6.07) is 9.67. The average Bonchev–Trinajstić information content (AvgIpc) is 2.41. The van der Waals surface area contributed by atoms with Crippen LogP contribution in [0.15, 0.2) is 30.3 Å². The minimum atomic E-state index is -0.938. The molecule has 0 aliphatic rings. The molecule has 0 aliphatic heterocycles. The second-order valence-electron chi connectivity index (χ2n) is 4.18. The molecule has 1 aromatic rings. The van der Waals surface area contributed by atoms with Gasteiger partial charge in [0.05, 0.1) is 0 Å². The molecule has 1 atom stereocenters. The van der Waals surface area contributed by atoms with Gasteiger partial charge >= 0.3 is 6.03 Å². The van der Waals surface area contributed by atoms with E-state index in [4.69, 9.17) is 0 Å². The molecule has 106 valence electrons. The Balaban J connectivity index is 2.26. The van der Waals surface area contributed by atoms with Crippen molar-refractivity contribution in [2.75, 3.05) is 25.4 Å². The summed E-state index contributed by atoms with van der Waals surface area (Å²) in [6.07, 6.45) is 0. The Morgan fingerprint density at radius 1 is 1.21 bits per heavy atom. The molecule has 0 saturated carbocycles. The number of hydrogen-bond acceptors (Lipinski definition) is 2. The van der Waals surface area contributed by atoms with Crippen LogP contribution in [0.4, 0.5) is 4.79 Å². The lowest BCUT2D eigenvalue weighted by Crippen LogP contribution is -2.41. The molecule has 0 radical (unpaired) electrons. The fourth-order valence-corrected chi connectivity index (χ4v) is 2.77. The lowest BCUT2D eigenvalue weighted by atomic mass is 10.2. The lowest BCUT2D eigenvalue weighted by Gasteiger charge is -2.19. The van der Waals surface area contributed by atoms with Crippen LogP contribution in [0.3, 0.4) is 0 Å². The van der Waals surface area contributed by atoms with Crippen LogP contribution in [0.1, 0.15) is 19.4 Å². The largest absolute Gasteiger partial charge is 0.337 e. The van der Waals surface area contributed by atoms with Gasteiger partial charge in [-0.05, 0) is 19.4 Å². The molecule has 4 nitrogen and oxygen atoms in total. The topological polar surface area (TPSA) is 49.4 Å². The van der Waals surface area contributed by atoms with Crippen molar-refractivity contribution in [2.24, 2.45) is 0 Å². The maximum atomic E-state index is 11.8. The monoisotopic (exact) mass is 282 g/mol. The Bertz CT molecular complexity index is 405. The number of urea groups is 1. The van der Waals surface area contributed by atoms with E-state index in [0.29, 0.717) is 31.1 Å². The van der Waals surface area contributed by atoms with Crippen LogP contribution >= 0.6 is 0 Å². The van der Waals surface area contributed by atoms with Crippen LogP contribution in [0.25, 0.3) is 0 Å². The maximum Gasteiger partial charge on any atom is 0.317 e. The fraction of sp³-hybridized carbons (Fsp3) is 0.500. The highest BCUT2D eigenvalue weighted by atomic mass is 32.2. The summed E-state index contributed by atoms with van der Waals surface area (Å²) >= 11 is 0. The molecule has 0 fully saturated rings. The van der Waals surface area contributed by atoms with Gasteiger partial charge in [0.25, 0.3) is 0 Å². The first-order valence-corrected chi connectivity index (χ1v) is 8.07. The standard InChI is InChI=1S/C14H22N2O2S/c1-3-16(4-2)14(17)15-10-11-19(18)12-13-8-6-5-7-9-13/h5-9H,3-4,10-12H2,1-2H3,(H,15,17). The van der Waals surface area contributed by atoms with E-state index >= 15 is 0 Å². The molecule has 0 aromatic heterocycles. The molecule has 2 amide bonds. The van der Waals surface area contributed by atoms with Gasteiger partial charge in [0.2, 0.25) is 0 Å². The molecule has 5 heteroatoms. The second kappa shape index (κ2) is 8.69. The number of nitrogens with one attached hydrogen (secondary N) is 1. The Labute approximate surface area is 117 Å². The zero-order chi connectivity index (χ0) is 14.1. The number of carbonyl (C=O) groups is 1. The third-order valence-electron chi connectivity index (χ3n) is 2.83. The second-order valence-corrected chi connectivity index (χ2v) is 5.75. The van der Waals surface area contributed by atoms with E-state index in [1.807, 2.05) is 44.2 Å². The van der Waals surface area contributed by atoms with Crippen molar-refractivity contribution in [1.29, 1.82) is 0 Å². The highest BCUT2D eigenvalue weighted by Gasteiger charge is 2.08. The van der Waals surface area contributed by atoms with Gasteiger partial charge in [-0.2, -0.15) is 0 Å². The quantitative estimate of drug-likeness (QED) is 0.831. The van der Waals surface area contributed by atoms with E-state index in [1.165, 1.54) is 0 Å². The normalized spacial score (nSPS) is 11.9. The first-order chi connectivity index (χ1) is 9.17. The van der Waals surface area contributed by atoms with Crippen molar-refractivity contribution in [2.45, 2.75) is 19.6 Å². The summed E-state index contributed by atoms with van der Waals surface area (Å²) < 4.78 is 11.8. The van der Waals surface area contributed by atoms with Gasteiger partial charge in [-0.25, -0.2) is 4.79 Å². The van der Waals surface area contributed by atoms with Gasteiger partial charge in [0, 0.05) is 41.9 Å². The Hall–Kier alpha value is -1.36. The van der Waals surface area contributed by atoms with E-state index < -0.39 is 10.8 Å². The van der Waals surface area contributed by atoms with Gasteiger partial charge < -0.3 is 10.2 Å². The highest BCUT2D eigenvalue weighted by molar-refractivity contribution is 7.84. The molecule has 0 heterocycles. The SMILES string of the molecule is CCN(CC)C(=O)NCCS(=O)Cc1ccccc1. The van der Waals surface area contributed by atoms with Crippen molar-refractivity contribution in [1.82, 2.24) is 10.2 Å². The summed E-state index contributed by atoms with van der Waals surface area (Å²) in [5.74, 6) is 1.03. The maximum absolute atomic E-state index is 11.8. The Morgan fingerprint density at radius 3 is 2.42 bits per heavy atom. The third kappa shape index (κ3) is 5.87. The number of hydrogen-bond donors (Lipinski definition) is 1. The molecule has 19 heavy (non-hydrogen) atoms. The van der Waals surface area contributed by atoms with Crippen molar-refractivity contribution in [3.63, 3.8) is 0 Å². The zero-order valence-electron chi connectivity index (χ0n) is 11.6. The minimum absolute atomic E-state index is 0.0817. The summed E-state index contributed by atoms with van der Waals surface area (Å²) in [5, 5.41) is 2.80. The molecule has 1 N–H and O–H groups in total. The Morgan fingerprint density at radius 2 is 1.84 bits per heavy atom. The molecule has 0 aliphatic carbocycles. The number of benzene rings is 1. The van der Waals surface area contributed by atoms with E-state index in [2.05, 4.69) is 5.32 Å². The molecule has 1 aromatic carbocycles. The minimum Gasteiger partial charge on any atom is -0.337 e. The number of rotatable bonds is 7. The summed E-state index contributed by atoms with van der Waals surface area (Å²) in [7, 11) is -0.938. The van der Waals surface area contributed by atoms with E-state index in [1.54, 1.807) is 4.90 Å². The fourth-order valence-electron chi connectivity index (χ4n) is 1.73. The van der Waals surface area contributed by atoms with E-state index in [9.17, 15) is 9.00 Å². The predicted octanol–water partition coefficient (Wildman–Crippen LogP) is 1.99. The molecular formula is C14H22N2O2S. The Kier molecular flexibility index (Phi) is 7.18. The highest BCUT2D eigenvalue weighted by Crippen LogP contribution is 2.02. The molecule has 1 rings (SSSR count). The molecular weight excluding hydrogens is 260 g/mol. The van der Waals surface area contributed by atoms with Crippen LogP contribution in [0, 0.1) is 0 Å². The summed E-state index contributed by atoms with van der Waals surface area (Å²) in [6.45, 7) is 5.72. The van der Waals surface area contributed by atoms with Gasteiger partial charge in [0.1, 0.15) is 0 Å². The number of carbonyl (C=O) groups excluding carboxylic acids is 1. The summed E-state index contributed by atoms with van der Waals surface area (Å²) in [5.41, 5.74) is 1.07. The molecule has 1 unspecified atom stereocenters. The van der Waals surface area contributed by atoms with Crippen LogP contribution in [-0.2, 0) is 16.6 Å². The van der Waals surface area contributed by atoms with Crippen molar-refractivity contribution >= 4 is 16.8 Å². The van der Waals surface area contributed by atoms with Crippen LogP contribution < -0.4 is 5.32 Å². The predicted molar refractivity (Wildman–Crippen MR) is 79.5 cm³/mol. The van der Waals surface area contributed by atoms with Crippen molar-refractivity contribution in [3.8, 4) is 0 Å². The first-order valence-electron chi connectivity index (χ1n) is 6.59. The zero-order valence-corrected chi connectivity index (χ0v) is 12.4. The van der Waals surface area contributed by atoms with Gasteiger partial charge in [-0.15, -0.1) is 0 Å². The number of amides is 2. The summed E-state index contributed by atoms with van der Waals surface area (Å²) in [4.78, 5) is 13.4. The third-order valence-corrected chi connectivity index (χ3v) is 4.14. The van der Waals surface area contributed by atoms with Crippen LogP contribution in [0.2, 0.25) is 0 Å². The molecule has 0 bridgehead atoms. The van der Waals surface area contributed by atoms with Crippen LogP contribution in [-0.4, -0.2) is 40.5 Å². The van der Waals surface area contributed by atoms with Crippen LogP contribution in [0.5, 0.6) is 0 Å². The lowest BCUT2D eigenvalue weighted by molar-refractivity contribution is 0.204.